The van der Waals surface area contributed by atoms with Gasteiger partial charge in [-0.25, -0.2) is 0 Å². The van der Waals surface area contributed by atoms with Gasteiger partial charge in [-0.1, -0.05) is 0 Å². The van der Waals surface area contributed by atoms with Gasteiger partial charge in [-0.05, 0) is 32.9 Å². The van der Waals surface area contributed by atoms with Crippen LogP contribution in [0.15, 0.2) is 0 Å². The highest BCUT2D eigenvalue weighted by Gasteiger charge is 2.29. The maximum absolute atomic E-state index is 11.9. The number of hydrogen-bond donors (Lipinski definition) is 3. The summed E-state index contributed by atoms with van der Waals surface area (Å²) in [5, 5.41) is 15.4. The highest BCUT2D eigenvalue weighted by Crippen LogP contribution is 2.10. The van der Waals surface area contributed by atoms with E-state index in [1.54, 1.807) is 0 Å². The molecule has 0 aromatic carbocycles. The Bertz CT molecular complexity index is 260. The molecule has 3 N–H and O–H groups in total. The second-order valence-corrected chi connectivity index (χ2v) is 4.96. The van der Waals surface area contributed by atoms with Gasteiger partial charge in [0, 0.05) is 19.1 Å². The Balaban J connectivity index is 1.78. The molecule has 0 radical (unpaired) electrons. The molecule has 0 aromatic rings. The number of amides is 1. The number of likely N-dealkylation sites (N-methyl/N-ethyl adjacent to an activating group) is 1. The van der Waals surface area contributed by atoms with Crippen molar-refractivity contribution in [1.82, 2.24) is 15.5 Å². The molecular formula is C11H21N3O2. The summed E-state index contributed by atoms with van der Waals surface area (Å²) in [5.41, 5.74) is 0. The molecule has 2 aliphatic rings. The van der Waals surface area contributed by atoms with E-state index in [1.165, 1.54) is 0 Å². The Labute approximate surface area is 96.2 Å². The molecule has 2 aliphatic heterocycles. The third-order valence-electron chi connectivity index (χ3n) is 3.40. The fraction of sp³-hybridized carbons (Fsp3) is 0.909. The maximum atomic E-state index is 11.9. The van der Waals surface area contributed by atoms with E-state index in [0.29, 0.717) is 13.0 Å². The summed E-state index contributed by atoms with van der Waals surface area (Å²) in [6.45, 7) is 2.58. The molecular weight excluding hydrogens is 206 g/mol. The average Bonchev–Trinajstić information content (AvgIpc) is 2.65. The first-order valence-corrected chi connectivity index (χ1v) is 6.05. The predicted molar refractivity (Wildman–Crippen MR) is 61.1 cm³/mol. The number of rotatable bonds is 2. The zero-order valence-corrected chi connectivity index (χ0v) is 9.78. The van der Waals surface area contributed by atoms with Gasteiger partial charge in [0.15, 0.2) is 0 Å². The molecule has 16 heavy (non-hydrogen) atoms. The van der Waals surface area contributed by atoms with E-state index in [1.807, 2.05) is 0 Å². The Kier molecular flexibility index (Phi) is 3.78. The second-order valence-electron chi connectivity index (χ2n) is 4.96. The largest absolute Gasteiger partial charge is 0.392 e. The first-order chi connectivity index (χ1) is 7.65. The minimum absolute atomic E-state index is 0.0388. The van der Waals surface area contributed by atoms with Crippen LogP contribution in [0.2, 0.25) is 0 Å². The molecule has 0 bridgehead atoms. The van der Waals surface area contributed by atoms with Gasteiger partial charge in [0.05, 0.1) is 12.1 Å². The van der Waals surface area contributed by atoms with Crippen LogP contribution in [0.3, 0.4) is 0 Å². The van der Waals surface area contributed by atoms with Gasteiger partial charge in [0.2, 0.25) is 5.91 Å². The summed E-state index contributed by atoms with van der Waals surface area (Å²) in [5.74, 6) is 0.0388. The Hall–Kier alpha value is -0.650. The van der Waals surface area contributed by atoms with E-state index in [2.05, 4.69) is 22.6 Å². The molecule has 0 saturated carbocycles. The second kappa shape index (κ2) is 5.12. The predicted octanol–water partition coefficient (Wildman–Crippen LogP) is -1.08. The minimum atomic E-state index is -0.371. The number of likely N-dealkylation sites (tertiary alicyclic amines) is 1. The van der Waals surface area contributed by atoms with Gasteiger partial charge in [0.1, 0.15) is 0 Å². The first-order valence-electron chi connectivity index (χ1n) is 6.05. The minimum Gasteiger partial charge on any atom is -0.392 e. The number of carbonyl (C=O) groups excluding carboxylic acids is 1. The number of nitrogens with one attached hydrogen (secondary N) is 2. The lowest BCUT2D eigenvalue weighted by Gasteiger charge is -2.30. The van der Waals surface area contributed by atoms with E-state index < -0.39 is 0 Å². The molecule has 3 atom stereocenters. The molecule has 2 heterocycles. The fourth-order valence-electron chi connectivity index (χ4n) is 2.50. The lowest BCUT2D eigenvalue weighted by Crippen LogP contribution is -2.50. The van der Waals surface area contributed by atoms with Crippen LogP contribution >= 0.6 is 0 Å². The number of nitrogens with zero attached hydrogens (tertiary/aromatic N) is 1. The van der Waals surface area contributed by atoms with Crippen LogP contribution < -0.4 is 10.6 Å². The molecule has 1 unspecified atom stereocenters. The van der Waals surface area contributed by atoms with Crippen LogP contribution in [0.1, 0.15) is 19.3 Å². The normalized spacial score (nSPS) is 36.2. The molecule has 1 amide bonds. The topological polar surface area (TPSA) is 64.6 Å². The van der Waals surface area contributed by atoms with E-state index in [9.17, 15) is 9.90 Å². The van der Waals surface area contributed by atoms with E-state index in [-0.39, 0.29) is 24.1 Å². The van der Waals surface area contributed by atoms with E-state index >= 15 is 0 Å². The van der Waals surface area contributed by atoms with Crippen molar-refractivity contribution in [3.8, 4) is 0 Å². The van der Waals surface area contributed by atoms with Crippen molar-refractivity contribution in [2.45, 2.75) is 37.5 Å². The van der Waals surface area contributed by atoms with Gasteiger partial charge in [-0.3, -0.25) is 4.79 Å². The number of hydrogen-bond acceptors (Lipinski definition) is 4. The SMILES string of the molecule is CN1CCCC(NC(=O)[C@@H]2C[C@H](O)CN2)C1. The summed E-state index contributed by atoms with van der Waals surface area (Å²) >= 11 is 0. The fourth-order valence-corrected chi connectivity index (χ4v) is 2.50. The first kappa shape index (κ1) is 11.8. The molecule has 0 aromatic heterocycles. The van der Waals surface area contributed by atoms with E-state index in [4.69, 9.17) is 0 Å². The highest BCUT2D eigenvalue weighted by atomic mass is 16.3. The lowest BCUT2D eigenvalue weighted by atomic mass is 10.1. The standard InChI is InChI=1S/C11H21N3O2/c1-14-4-2-3-8(7-14)13-11(16)10-5-9(15)6-12-10/h8-10,12,15H,2-7H2,1H3,(H,13,16)/t8?,9-,10-/m0/s1. The van der Waals surface area contributed by atoms with Crippen molar-refractivity contribution in [3.05, 3.63) is 0 Å². The quantitative estimate of drug-likeness (QED) is 0.561. The number of β-amino-alcohol motifs (C(OH)–C–C–N with tert-alkyl or cyclic N) is 1. The smallest absolute Gasteiger partial charge is 0.237 e. The number of aliphatic hydroxyl groups excluding tert-OH is 1. The number of carbonyl (C=O) groups is 1. The molecule has 2 rings (SSSR count). The number of piperidine rings is 1. The average molecular weight is 227 g/mol. The molecule has 0 spiro atoms. The Morgan fingerprint density at radius 2 is 2.38 bits per heavy atom. The van der Waals surface area contributed by atoms with Crippen molar-refractivity contribution in [1.29, 1.82) is 0 Å². The highest BCUT2D eigenvalue weighted by molar-refractivity contribution is 5.82. The van der Waals surface area contributed by atoms with Crippen LogP contribution in [0.4, 0.5) is 0 Å². The van der Waals surface area contributed by atoms with Crippen LogP contribution in [0.25, 0.3) is 0 Å². The molecule has 92 valence electrons. The van der Waals surface area contributed by atoms with Gasteiger partial charge >= 0.3 is 0 Å². The summed E-state index contributed by atoms with van der Waals surface area (Å²) < 4.78 is 0. The van der Waals surface area contributed by atoms with Crippen molar-refractivity contribution >= 4 is 5.91 Å². The van der Waals surface area contributed by atoms with Gasteiger partial charge in [0.25, 0.3) is 0 Å². The van der Waals surface area contributed by atoms with Gasteiger partial charge in [-0.2, -0.15) is 0 Å². The Morgan fingerprint density at radius 1 is 1.56 bits per heavy atom. The van der Waals surface area contributed by atoms with Gasteiger partial charge in [-0.15, -0.1) is 0 Å². The molecule has 2 saturated heterocycles. The monoisotopic (exact) mass is 227 g/mol. The van der Waals surface area contributed by atoms with E-state index in [0.717, 1.165) is 25.9 Å². The molecule has 5 heteroatoms. The van der Waals surface area contributed by atoms with Gasteiger partial charge < -0.3 is 20.6 Å². The van der Waals surface area contributed by atoms with Crippen molar-refractivity contribution < 1.29 is 9.90 Å². The molecule has 2 fully saturated rings. The van der Waals surface area contributed by atoms with Crippen LogP contribution in [0, 0.1) is 0 Å². The zero-order valence-electron chi connectivity index (χ0n) is 9.78. The summed E-state index contributed by atoms with van der Waals surface area (Å²) in [4.78, 5) is 14.1. The van der Waals surface area contributed by atoms with Crippen LogP contribution in [-0.4, -0.2) is 60.8 Å². The van der Waals surface area contributed by atoms with Crippen molar-refractivity contribution in [2.24, 2.45) is 0 Å². The number of aliphatic hydroxyl groups is 1. The van der Waals surface area contributed by atoms with Crippen molar-refractivity contribution in [3.63, 3.8) is 0 Å². The third kappa shape index (κ3) is 2.93. The lowest BCUT2D eigenvalue weighted by molar-refractivity contribution is -0.124. The van der Waals surface area contributed by atoms with Crippen LogP contribution in [0.5, 0.6) is 0 Å². The third-order valence-corrected chi connectivity index (χ3v) is 3.40. The zero-order chi connectivity index (χ0) is 11.5. The summed E-state index contributed by atoms with van der Waals surface area (Å²) in [6.07, 6.45) is 2.37. The summed E-state index contributed by atoms with van der Waals surface area (Å²) in [6, 6.07) is 0.0630. The van der Waals surface area contributed by atoms with Crippen LogP contribution in [-0.2, 0) is 4.79 Å². The summed E-state index contributed by atoms with van der Waals surface area (Å²) in [7, 11) is 2.08. The van der Waals surface area contributed by atoms with Crippen molar-refractivity contribution in [2.75, 3.05) is 26.7 Å². The molecule has 0 aliphatic carbocycles. The molecule has 5 nitrogen and oxygen atoms in total. The maximum Gasteiger partial charge on any atom is 0.237 e. The Morgan fingerprint density at radius 3 is 3.00 bits per heavy atom.